The third-order valence-electron chi connectivity index (χ3n) is 3.67. The molecule has 0 aliphatic carbocycles. The molecular weight excluding hydrogens is 345 g/mol. The van der Waals surface area contributed by atoms with Gasteiger partial charge >= 0.3 is 6.18 Å². The lowest BCUT2D eigenvalue weighted by molar-refractivity contribution is -0.141. The lowest BCUT2D eigenvalue weighted by Crippen LogP contribution is -2.16. The van der Waals surface area contributed by atoms with Crippen molar-refractivity contribution in [2.24, 2.45) is 0 Å². The fraction of sp³-hybridized carbons (Fsp3) is 0.167. The molecule has 0 fully saturated rings. The van der Waals surface area contributed by atoms with E-state index in [0.29, 0.717) is 11.5 Å². The maximum atomic E-state index is 12.6. The first-order valence-corrected chi connectivity index (χ1v) is 7.72. The number of pyridine rings is 1. The van der Waals surface area contributed by atoms with E-state index in [0.717, 1.165) is 29.6 Å². The molecule has 3 aromatic rings. The second kappa shape index (κ2) is 6.62. The number of nitrogens with one attached hydrogen (secondary N) is 1. The van der Waals surface area contributed by atoms with Gasteiger partial charge in [0.1, 0.15) is 11.5 Å². The summed E-state index contributed by atoms with van der Waals surface area (Å²) in [7, 11) is 0. The van der Waals surface area contributed by atoms with Crippen molar-refractivity contribution in [2.45, 2.75) is 20.0 Å². The molecule has 5 nitrogen and oxygen atoms in total. The largest absolute Gasteiger partial charge is 0.433 e. The number of alkyl halides is 3. The molecule has 0 radical (unpaired) electrons. The number of rotatable bonds is 3. The Balaban J connectivity index is 1.85. The Morgan fingerprint density at radius 3 is 2.35 bits per heavy atom. The third kappa shape index (κ3) is 3.74. The molecule has 0 spiro atoms. The van der Waals surface area contributed by atoms with Crippen LogP contribution in [0.15, 0.2) is 48.7 Å². The molecule has 0 saturated carbocycles. The van der Waals surface area contributed by atoms with Crippen molar-refractivity contribution in [1.82, 2.24) is 14.8 Å². The van der Waals surface area contributed by atoms with Crippen LogP contribution in [0.3, 0.4) is 0 Å². The van der Waals surface area contributed by atoms with Crippen molar-refractivity contribution in [1.29, 1.82) is 0 Å². The third-order valence-corrected chi connectivity index (χ3v) is 3.67. The number of aromatic nitrogens is 3. The van der Waals surface area contributed by atoms with Crippen molar-refractivity contribution in [3.05, 3.63) is 71.2 Å². The maximum Gasteiger partial charge on any atom is 0.433 e. The Labute approximate surface area is 147 Å². The van der Waals surface area contributed by atoms with Crippen LogP contribution >= 0.6 is 0 Å². The maximum absolute atomic E-state index is 12.6. The number of amides is 1. The smallest absolute Gasteiger partial charge is 0.306 e. The summed E-state index contributed by atoms with van der Waals surface area (Å²) < 4.78 is 39.3. The van der Waals surface area contributed by atoms with E-state index in [4.69, 9.17) is 0 Å². The van der Waals surface area contributed by atoms with Crippen LogP contribution in [0.5, 0.6) is 0 Å². The van der Waals surface area contributed by atoms with Gasteiger partial charge in [0, 0.05) is 12.3 Å². The molecule has 0 aliphatic rings. The first-order valence-electron chi connectivity index (χ1n) is 7.72. The number of halogens is 3. The van der Waals surface area contributed by atoms with Gasteiger partial charge in [-0.3, -0.25) is 9.78 Å². The molecule has 1 amide bonds. The zero-order chi connectivity index (χ0) is 18.9. The van der Waals surface area contributed by atoms with Gasteiger partial charge in [-0.2, -0.15) is 18.3 Å². The van der Waals surface area contributed by atoms with Crippen molar-refractivity contribution in [3.63, 3.8) is 0 Å². The topological polar surface area (TPSA) is 59.8 Å². The van der Waals surface area contributed by atoms with Crippen molar-refractivity contribution in [3.8, 4) is 5.69 Å². The summed E-state index contributed by atoms with van der Waals surface area (Å²) in [6.07, 6.45) is -3.65. The van der Waals surface area contributed by atoms with E-state index in [1.807, 2.05) is 31.2 Å². The van der Waals surface area contributed by atoms with Gasteiger partial charge in [0.2, 0.25) is 0 Å². The van der Waals surface area contributed by atoms with E-state index in [1.54, 1.807) is 17.7 Å². The molecule has 26 heavy (non-hydrogen) atoms. The van der Waals surface area contributed by atoms with Gasteiger partial charge in [-0.1, -0.05) is 17.7 Å². The van der Waals surface area contributed by atoms with Gasteiger partial charge in [-0.05, 0) is 38.1 Å². The van der Waals surface area contributed by atoms with Crippen molar-refractivity contribution < 1.29 is 18.0 Å². The van der Waals surface area contributed by atoms with Crippen molar-refractivity contribution >= 4 is 11.7 Å². The number of aryl methyl sites for hydroxylation is 2. The van der Waals surface area contributed by atoms with E-state index >= 15 is 0 Å². The van der Waals surface area contributed by atoms with Gasteiger partial charge in [-0.15, -0.1) is 0 Å². The summed E-state index contributed by atoms with van der Waals surface area (Å²) in [4.78, 5) is 15.6. The van der Waals surface area contributed by atoms with Crippen LogP contribution in [0.4, 0.5) is 19.0 Å². The van der Waals surface area contributed by atoms with Crippen LogP contribution in [0.2, 0.25) is 0 Å². The lowest BCUT2D eigenvalue weighted by Gasteiger charge is -2.10. The average molecular weight is 360 g/mol. The van der Waals surface area contributed by atoms with Gasteiger partial charge in [0.05, 0.1) is 16.9 Å². The van der Waals surface area contributed by atoms with Crippen LogP contribution in [-0.2, 0) is 6.18 Å². The number of benzene rings is 1. The normalized spacial score (nSPS) is 11.4. The van der Waals surface area contributed by atoms with E-state index < -0.39 is 17.8 Å². The fourth-order valence-corrected chi connectivity index (χ4v) is 2.36. The molecule has 134 valence electrons. The van der Waals surface area contributed by atoms with E-state index in [9.17, 15) is 18.0 Å². The van der Waals surface area contributed by atoms with E-state index in [1.165, 1.54) is 0 Å². The minimum absolute atomic E-state index is 0.0207. The molecule has 0 bridgehead atoms. The highest BCUT2D eigenvalue weighted by Crippen LogP contribution is 2.27. The fourth-order valence-electron chi connectivity index (χ4n) is 2.36. The highest BCUT2D eigenvalue weighted by Gasteiger charge is 2.32. The van der Waals surface area contributed by atoms with Gasteiger partial charge in [-0.25, -0.2) is 4.68 Å². The number of hydrogen-bond donors (Lipinski definition) is 1. The zero-order valence-electron chi connectivity index (χ0n) is 14.0. The van der Waals surface area contributed by atoms with Gasteiger partial charge < -0.3 is 5.32 Å². The van der Waals surface area contributed by atoms with E-state index in [-0.39, 0.29) is 5.56 Å². The Morgan fingerprint density at radius 1 is 1.08 bits per heavy atom. The molecule has 1 N–H and O–H groups in total. The summed E-state index contributed by atoms with van der Waals surface area (Å²) in [5.41, 5.74) is 1.50. The van der Waals surface area contributed by atoms with Crippen molar-refractivity contribution in [2.75, 3.05) is 5.32 Å². The summed E-state index contributed by atoms with van der Waals surface area (Å²) in [5.74, 6) is -0.157. The average Bonchev–Trinajstić information content (AvgIpc) is 2.95. The number of hydrogen-bond acceptors (Lipinski definition) is 3. The van der Waals surface area contributed by atoms with Crippen LogP contribution in [0.25, 0.3) is 5.69 Å². The van der Waals surface area contributed by atoms with Gasteiger partial charge in [0.25, 0.3) is 5.91 Å². The summed E-state index contributed by atoms with van der Waals surface area (Å²) in [5, 5.41) is 7.00. The summed E-state index contributed by atoms with van der Waals surface area (Å²) in [6, 6.07) is 11.1. The molecule has 3 rings (SSSR count). The second-order valence-corrected chi connectivity index (χ2v) is 5.80. The zero-order valence-corrected chi connectivity index (χ0v) is 14.0. The molecular formula is C18H15F3N4O. The predicted molar refractivity (Wildman–Crippen MR) is 90.2 cm³/mol. The molecule has 2 aromatic heterocycles. The van der Waals surface area contributed by atoms with Crippen LogP contribution < -0.4 is 5.32 Å². The quantitative estimate of drug-likeness (QED) is 0.763. The molecule has 2 heterocycles. The van der Waals surface area contributed by atoms with Crippen LogP contribution in [-0.4, -0.2) is 20.7 Å². The summed E-state index contributed by atoms with van der Waals surface area (Å²) in [6.45, 7) is 3.73. The molecule has 0 unspecified atom stereocenters. The van der Waals surface area contributed by atoms with Crippen LogP contribution in [0.1, 0.15) is 27.3 Å². The molecule has 0 atom stereocenters. The standard InChI is InChI=1S/C18H15F3N4O/c1-11-3-6-14(7-4-11)25-16(9-12(2)24-25)23-17(26)13-5-8-15(22-10-13)18(19,20)21/h3-10H,1-2H3,(H,23,26). The lowest BCUT2D eigenvalue weighted by atomic mass is 10.2. The second-order valence-electron chi connectivity index (χ2n) is 5.80. The Kier molecular flexibility index (Phi) is 4.50. The first-order chi connectivity index (χ1) is 12.2. The monoisotopic (exact) mass is 360 g/mol. The van der Waals surface area contributed by atoms with E-state index in [2.05, 4.69) is 15.4 Å². The van der Waals surface area contributed by atoms with Gasteiger partial charge in [0.15, 0.2) is 0 Å². The molecule has 0 aliphatic heterocycles. The first kappa shape index (κ1) is 17.7. The Bertz CT molecular complexity index is 929. The molecule has 1 aromatic carbocycles. The predicted octanol–water partition coefficient (Wildman–Crippen LogP) is 4.16. The minimum Gasteiger partial charge on any atom is -0.306 e. The number of carbonyl (C=O) groups excluding carboxylic acids is 1. The molecule has 0 saturated heterocycles. The highest BCUT2D eigenvalue weighted by molar-refractivity contribution is 6.03. The molecule has 8 heteroatoms. The number of anilines is 1. The summed E-state index contributed by atoms with van der Waals surface area (Å²) >= 11 is 0. The SMILES string of the molecule is Cc1ccc(-n2nc(C)cc2NC(=O)c2ccc(C(F)(F)F)nc2)cc1. The Morgan fingerprint density at radius 2 is 1.77 bits per heavy atom. The Hall–Kier alpha value is -3.16. The number of nitrogens with zero attached hydrogens (tertiary/aromatic N) is 3. The number of carbonyl (C=O) groups is 1. The minimum atomic E-state index is -4.55. The van der Waals surface area contributed by atoms with Crippen LogP contribution in [0, 0.1) is 13.8 Å². The highest BCUT2D eigenvalue weighted by atomic mass is 19.4.